The van der Waals surface area contributed by atoms with Crippen molar-refractivity contribution in [1.82, 2.24) is 9.97 Å². The molecule has 0 saturated heterocycles. The van der Waals surface area contributed by atoms with Gasteiger partial charge in [-0.2, -0.15) is 0 Å². The summed E-state index contributed by atoms with van der Waals surface area (Å²) >= 11 is 2.62. The molecule has 3 N–H and O–H groups in total. The SMILES string of the molecule is COC(=O)/C=C(/OC)[C@H](C)[C@@H](O)/C=C/c1csc(-c2csc(C(C)(O)CO)n2)n1. The maximum absolute atomic E-state index is 11.4. The fourth-order valence-electron chi connectivity index (χ4n) is 2.25. The minimum absolute atomic E-state index is 0.305. The molecule has 2 aromatic heterocycles. The average molecular weight is 441 g/mol. The van der Waals surface area contributed by atoms with Crippen molar-refractivity contribution in [3.05, 3.63) is 39.4 Å². The van der Waals surface area contributed by atoms with Crippen molar-refractivity contribution in [3.8, 4) is 10.7 Å². The van der Waals surface area contributed by atoms with Gasteiger partial charge < -0.3 is 24.8 Å². The summed E-state index contributed by atoms with van der Waals surface area (Å²) < 4.78 is 9.74. The molecule has 10 heteroatoms. The first-order chi connectivity index (χ1) is 13.7. The van der Waals surface area contributed by atoms with Crippen LogP contribution >= 0.6 is 22.7 Å². The minimum atomic E-state index is -1.39. The van der Waals surface area contributed by atoms with Crippen LogP contribution in [0.4, 0.5) is 0 Å². The lowest BCUT2D eigenvalue weighted by Crippen LogP contribution is -2.25. The summed E-state index contributed by atoms with van der Waals surface area (Å²) in [7, 11) is 2.69. The van der Waals surface area contributed by atoms with E-state index >= 15 is 0 Å². The fourth-order valence-corrected chi connectivity index (χ4v) is 3.93. The maximum Gasteiger partial charge on any atom is 0.333 e. The summed E-state index contributed by atoms with van der Waals surface area (Å²) in [5, 5.41) is 34.4. The van der Waals surface area contributed by atoms with Crippen LogP contribution in [-0.2, 0) is 19.9 Å². The summed E-state index contributed by atoms with van der Waals surface area (Å²) in [4.78, 5) is 20.2. The summed E-state index contributed by atoms with van der Waals surface area (Å²) in [6.07, 6.45) is 3.53. The highest BCUT2D eigenvalue weighted by Gasteiger charge is 2.26. The van der Waals surface area contributed by atoms with E-state index in [0.29, 0.717) is 27.2 Å². The Bertz CT molecular complexity index is 887. The van der Waals surface area contributed by atoms with E-state index in [1.807, 2.05) is 5.38 Å². The highest BCUT2D eigenvalue weighted by molar-refractivity contribution is 7.14. The van der Waals surface area contributed by atoms with Crippen molar-refractivity contribution in [3.63, 3.8) is 0 Å². The van der Waals surface area contributed by atoms with E-state index in [1.54, 1.807) is 24.5 Å². The van der Waals surface area contributed by atoms with Crippen molar-refractivity contribution in [2.75, 3.05) is 20.8 Å². The number of esters is 1. The molecule has 0 spiro atoms. The van der Waals surface area contributed by atoms with Gasteiger partial charge in [-0.1, -0.05) is 13.0 Å². The van der Waals surface area contributed by atoms with Crippen molar-refractivity contribution in [2.45, 2.75) is 25.6 Å². The molecule has 1 unspecified atom stereocenters. The van der Waals surface area contributed by atoms with Crippen LogP contribution in [-0.4, -0.2) is 58.2 Å². The first kappa shape index (κ1) is 23.2. The molecule has 0 aliphatic heterocycles. The van der Waals surface area contributed by atoms with Crippen molar-refractivity contribution >= 4 is 34.7 Å². The van der Waals surface area contributed by atoms with Crippen LogP contribution < -0.4 is 0 Å². The number of carbonyl (C=O) groups excluding carboxylic acids is 1. The third-order valence-electron chi connectivity index (χ3n) is 4.14. The van der Waals surface area contributed by atoms with Gasteiger partial charge in [-0.3, -0.25) is 0 Å². The molecular formula is C19H24N2O6S2. The number of aliphatic hydroxyl groups excluding tert-OH is 2. The van der Waals surface area contributed by atoms with Gasteiger partial charge in [0.05, 0.1) is 38.7 Å². The predicted molar refractivity (Wildman–Crippen MR) is 111 cm³/mol. The number of hydrogen-bond acceptors (Lipinski definition) is 10. The van der Waals surface area contributed by atoms with Crippen LogP contribution in [0.5, 0.6) is 0 Å². The number of thiazole rings is 2. The van der Waals surface area contributed by atoms with Gasteiger partial charge in [-0.15, -0.1) is 22.7 Å². The van der Waals surface area contributed by atoms with Gasteiger partial charge in [0.2, 0.25) is 0 Å². The third kappa shape index (κ3) is 5.94. The number of nitrogens with zero attached hydrogens (tertiary/aromatic N) is 2. The number of methoxy groups -OCH3 is 2. The second-order valence-electron chi connectivity index (χ2n) is 6.46. The van der Waals surface area contributed by atoms with E-state index in [-0.39, 0.29) is 0 Å². The number of aromatic nitrogens is 2. The highest BCUT2D eigenvalue weighted by Crippen LogP contribution is 2.30. The van der Waals surface area contributed by atoms with E-state index in [1.165, 1.54) is 49.9 Å². The van der Waals surface area contributed by atoms with Crippen LogP contribution in [0.2, 0.25) is 0 Å². The van der Waals surface area contributed by atoms with Crippen LogP contribution in [0, 0.1) is 5.92 Å². The van der Waals surface area contributed by atoms with E-state index in [9.17, 15) is 20.1 Å². The topological polar surface area (TPSA) is 122 Å². The number of carbonyl (C=O) groups is 1. The molecule has 8 nitrogen and oxygen atoms in total. The van der Waals surface area contributed by atoms with E-state index in [0.717, 1.165) is 0 Å². The lowest BCUT2D eigenvalue weighted by atomic mass is 10.0. The van der Waals surface area contributed by atoms with Gasteiger partial charge in [0.25, 0.3) is 0 Å². The third-order valence-corrected chi connectivity index (χ3v) is 6.11. The van der Waals surface area contributed by atoms with Crippen LogP contribution in [0.1, 0.15) is 24.5 Å². The molecule has 0 aromatic carbocycles. The van der Waals surface area contributed by atoms with Crippen LogP contribution in [0.15, 0.2) is 28.7 Å². The average Bonchev–Trinajstić information content (AvgIpc) is 3.39. The zero-order valence-electron chi connectivity index (χ0n) is 16.5. The summed E-state index contributed by atoms with van der Waals surface area (Å²) in [6.45, 7) is 2.80. The molecule has 0 bridgehead atoms. The van der Waals surface area contributed by atoms with E-state index in [2.05, 4.69) is 14.7 Å². The Morgan fingerprint density at radius 2 is 2.00 bits per heavy atom. The normalized spacial score (nSPS) is 16.4. The summed E-state index contributed by atoms with van der Waals surface area (Å²) in [5.74, 6) is -0.717. The van der Waals surface area contributed by atoms with Gasteiger partial charge in [-0.05, 0) is 13.0 Å². The first-order valence-corrected chi connectivity index (χ1v) is 10.4. The van der Waals surface area contributed by atoms with Gasteiger partial charge in [0.15, 0.2) is 0 Å². The van der Waals surface area contributed by atoms with Gasteiger partial charge in [0, 0.05) is 16.7 Å². The zero-order valence-corrected chi connectivity index (χ0v) is 18.2. The highest BCUT2D eigenvalue weighted by atomic mass is 32.1. The monoisotopic (exact) mass is 440 g/mol. The smallest absolute Gasteiger partial charge is 0.333 e. The molecule has 2 rings (SSSR count). The number of hydrogen-bond donors (Lipinski definition) is 3. The maximum atomic E-state index is 11.4. The number of ether oxygens (including phenoxy) is 2. The Kier molecular flexibility index (Phi) is 8.05. The largest absolute Gasteiger partial charge is 0.500 e. The second-order valence-corrected chi connectivity index (χ2v) is 8.18. The van der Waals surface area contributed by atoms with Gasteiger partial charge in [0.1, 0.15) is 27.1 Å². The van der Waals surface area contributed by atoms with Gasteiger partial charge in [-0.25, -0.2) is 14.8 Å². The van der Waals surface area contributed by atoms with Gasteiger partial charge >= 0.3 is 5.97 Å². The molecule has 0 radical (unpaired) electrons. The molecule has 0 amide bonds. The Balaban J connectivity index is 2.10. The molecule has 0 aliphatic rings. The van der Waals surface area contributed by atoms with E-state index in [4.69, 9.17) is 4.74 Å². The predicted octanol–water partition coefficient (Wildman–Crippen LogP) is 2.18. The Morgan fingerprint density at radius 1 is 1.28 bits per heavy atom. The zero-order chi connectivity index (χ0) is 21.6. The second kappa shape index (κ2) is 10.1. The molecular weight excluding hydrogens is 416 g/mol. The van der Waals surface area contributed by atoms with E-state index < -0.39 is 30.2 Å². The molecule has 2 heterocycles. The van der Waals surface area contributed by atoms with Crippen LogP contribution in [0.3, 0.4) is 0 Å². The molecule has 158 valence electrons. The molecule has 3 atom stereocenters. The standard InChI is InChI=1S/C19H24N2O6S2/c1-11(15(26-3)7-16(24)27-4)14(23)6-5-12-8-28-17(20-12)13-9-29-18(21-13)19(2,25)10-22/h5-9,11,14,22-23,25H,10H2,1-4H3/b6-5+,15-7+/t11-,14+,19?/m1/s1. The lowest BCUT2D eigenvalue weighted by molar-refractivity contribution is -0.135. The van der Waals surface area contributed by atoms with Crippen molar-refractivity contribution < 1.29 is 29.6 Å². The lowest BCUT2D eigenvalue weighted by Gasteiger charge is -2.17. The summed E-state index contributed by atoms with van der Waals surface area (Å²) in [6, 6.07) is 0. The first-order valence-electron chi connectivity index (χ1n) is 8.66. The molecule has 0 fully saturated rings. The Hall–Kier alpha value is -2.11. The van der Waals surface area contributed by atoms with Crippen molar-refractivity contribution in [2.24, 2.45) is 5.92 Å². The Morgan fingerprint density at radius 3 is 2.62 bits per heavy atom. The number of rotatable bonds is 9. The molecule has 0 aliphatic carbocycles. The Labute approximate surface area is 176 Å². The molecule has 29 heavy (non-hydrogen) atoms. The molecule has 0 saturated carbocycles. The number of aliphatic hydroxyl groups is 3. The fraction of sp³-hybridized carbons (Fsp3) is 0.421. The quantitative estimate of drug-likeness (QED) is 0.308. The minimum Gasteiger partial charge on any atom is -0.500 e. The van der Waals surface area contributed by atoms with Crippen molar-refractivity contribution in [1.29, 1.82) is 0 Å². The summed E-state index contributed by atoms with van der Waals surface area (Å²) in [5.41, 5.74) is -0.143. The van der Waals surface area contributed by atoms with Crippen LogP contribution in [0.25, 0.3) is 16.8 Å². The molecule has 2 aromatic rings.